The highest BCUT2D eigenvalue weighted by molar-refractivity contribution is 5.72. The molecular weight excluding hydrogens is 680 g/mol. The number of cyclic esters (lactones) is 1. The van der Waals surface area contributed by atoms with Crippen LogP contribution in [0.15, 0.2) is 0 Å². The predicted molar refractivity (Wildman–Crippen MR) is 192 cm³/mol. The van der Waals surface area contributed by atoms with Crippen molar-refractivity contribution in [3.8, 4) is 0 Å². The van der Waals surface area contributed by atoms with Crippen LogP contribution in [-0.2, 0) is 47.4 Å². The number of carbonyl (C=O) groups excluding carboxylic acids is 1. The average Bonchev–Trinajstić information content (AvgIpc) is 3.08. The lowest BCUT2D eigenvalue weighted by Crippen LogP contribution is -2.60. The van der Waals surface area contributed by atoms with Gasteiger partial charge in [-0.2, -0.15) is 0 Å². The second-order valence-electron chi connectivity index (χ2n) is 16.0. The van der Waals surface area contributed by atoms with Gasteiger partial charge in [-0.3, -0.25) is 4.79 Å². The van der Waals surface area contributed by atoms with E-state index < -0.39 is 90.4 Å². The van der Waals surface area contributed by atoms with Crippen molar-refractivity contribution in [3.63, 3.8) is 0 Å². The van der Waals surface area contributed by atoms with Crippen LogP contribution in [0.5, 0.6) is 0 Å². The van der Waals surface area contributed by atoms with Crippen molar-refractivity contribution in [2.24, 2.45) is 11.8 Å². The van der Waals surface area contributed by atoms with Gasteiger partial charge in [0, 0.05) is 59.4 Å². The SMILES string of the molecule is COC1COC(=O)[C@H](C)C(O[C@H]2C[C@@](C)(OC)[C@@H](O)[C@H](C)O2)[C@H](C)[C@@H](O[C@@H]2O[C@H](C)C[C@H](N(C)C)[C@H]2O)[C@](C)(O)C[C@@H](C)N(C)C[C@H](OC)[C@H]1OC. The summed E-state index contributed by atoms with van der Waals surface area (Å²) in [7, 11) is 11.9. The molecule has 0 aromatic heterocycles. The molecule has 3 rings (SSSR count). The first-order chi connectivity index (χ1) is 24.2. The molecule has 3 saturated heterocycles. The maximum atomic E-state index is 14.0. The van der Waals surface area contributed by atoms with Crippen molar-refractivity contribution in [2.45, 2.75) is 159 Å². The molecule has 0 spiro atoms. The Morgan fingerprint density at radius 2 is 1.52 bits per heavy atom. The van der Waals surface area contributed by atoms with Gasteiger partial charge in [0.05, 0.1) is 47.6 Å². The quantitative estimate of drug-likeness (QED) is 0.290. The molecule has 0 aromatic rings. The van der Waals surface area contributed by atoms with Gasteiger partial charge in [0.1, 0.15) is 31.0 Å². The molecule has 0 radical (unpaired) electrons. The fraction of sp³-hybridized carbons (Fsp3) is 0.973. The molecule has 17 atom stereocenters. The smallest absolute Gasteiger partial charge is 0.311 e. The average molecular weight is 751 g/mol. The third-order valence-electron chi connectivity index (χ3n) is 11.7. The standard InChI is InChI=1S/C37H70N2O13/c1-20-16-36(6,43)33(52-35-29(40)25(38(8)9)15-21(2)49-35)22(3)30(51-28-17-37(7,47-14)32(41)24(5)50-28)23(4)34(42)48-19-27(45-12)31(46-13)26(44-11)18-39(20)10/h20-33,35,40-41,43H,15-19H2,1-14H3/t20-,21-,22+,23-,24+,25+,26+,27?,28+,29-,30?,31-,32+,33-,35+,36-,37-/m1/s1. The van der Waals surface area contributed by atoms with E-state index in [-0.39, 0.29) is 37.6 Å². The van der Waals surface area contributed by atoms with E-state index in [2.05, 4.69) is 4.90 Å². The number of aliphatic hydroxyl groups excluding tert-OH is 2. The molecule has 2 unspecified atom stereocenters. The fourth-order valence-electron chi connectivity index (χ4n) is 8.19. The number of aliphatic hydroxyl groups is 3. The Hall–Kier alpha value is -1.05. The minimum Gasteiger partial charge on any atom is -0.463 e. The highest BCUT2D eigenvalue weighted by Crippen LogP contribution is 2.39. The van der Waals surface area contributed by atoms with Crippen molar-refractivity contribution < 1.29 is 62.7 Å². The minimum atomic E-state index is -1.55. The van der Waals surface area contributed by atoms with Crippen LogP contribution in [-0.4, -0.2) is 185 Å². The van der Waals surface area contributed by atoms with Gasteiger partial charge in [0.15, 0.2) is 12.6 Å². The third-order valence-corrected chi connectivity index (χ3v) is 11.7. The van der Waals surface area contributed by atoms with Gasteiger partial charge in [-0.05, 0) is 75.5 Å². The molecule has 15 nitrogen and oxygen atoms in total. The minimum absolute atomic E-state index is 0.118. The van der Waals surface area contributed by atoms with Gasteiger partial charge >= 0.3 is 5.97 Å². The zero-order chi connectivity index (χ0) is 39.3. The molecule has 0 aromatic carbocycles. The zero-order valence-corrected chi connectivity index (χ0v) is 34.0. The topological polar surface area (TPSA) is 167 Å². The lowest BCUT2D eigenvalue weighted by Gasteiger charge is -2.49. The zero-order valence-electron chi connectivity index (χ0n) is 34.0. The van der Waals surface area contributed by atoms with Crippen LogP contribution < -0.4 is 0 Å². The second-order valence-corrected chi connectivity index (χ2v) is 16.0. The molecule has 3 aliphatic rings. The highest BCUT2D eigenvalue weighted by atomic mass is 16.7. The van der Waals surface area contributed by atoms with Crippen LogP contribution in [0.3, 0.4) is 0 Å². The summed E-state index contributed by atoms with van der Waals surface area (Å²) < 4.78 is 55.0. The Balaban J connectivity index is 2.14. The number of carbonyl (C=O) groups is 1. The second kappa shape index (κ2) is 19.2. The number of esters is 1. The largest absolute Gasteiger partial charge is 0.463 e. The lowest BCUT2D eigenvalue weighted by molar-refractivity contribution is -0.317. The molecule has 15 heteroatoms. The molecule has 3 fully saturated rings. The van der Waals surface area contributed by atoms with Crippen molar-refractivity contribution in [1.29, 1.82) is 0 Å². The summed E-state index contributed by atoms with van der Waals surface area (Å²) in [5.74, 6) is -2.19. The number of hydrogen-bond acceptors (Lipinski definition) is 15. The summed E-state index contributed by atoms with van der Waals surface area (Å²) in [6.07, 6.45) is -7.54. The Bertz CT molecular complexity index is 1100. The van der Waals surface area contributed by atoms with Crippen molar-refractivity contribution in [1.82, 2.24) is 9.80 Å². The van der Waals surface area contributed by atoms with Crippen LogP contribution in [0.25, 0.3) is 0 Å². The summed E-state index contributed by atoms with van der Waals surface area (Å²) in [4.78, 5) is 18.0. The number of nitrogens with zero attached hydrogens (tertiary/aromatic N) is 2. The van der Waals surface area contributed by atoms with E-state index in [4.69, 9.17) is 42.6 Å². The Morgan fingerprint density at radius 1 is 0.885 bits per heavy atom. The van der Waals surface area contributed by atoms with Gasteiger partial charge in [0.2, 0.25) is 0 Å². The van der Waals surface area contributed by atoms with Crippen LogP contribution in [0.4, 0.5) is 0 Å². The van der Waals surface area contributed by atoms with Gasteiger partial charge in [0.25, 0.3) is 0 Å². The third kappa shape index (κ3) is 10.6. The lowest BCUT2D eigenvalue weighted by atomic mass is 9.78. The first-order valence-corrected chi connectivity index (χ1v) is 18.6. The summed E-state index contributed by atoms with van der Waals surface area (Å²) in [5.41, 5.74) is -2.54. The monoisotopic (exact) mass is 750 g/mol. The molecular formula is C37H70N2O13. The fourth-order valence-corrected chi connectivity index (χ4v) is 8.19. The van der Waals surface area contributed by atoms with Crippen molar-refractivity contribution >= 4 is 5.97 Å². The Morgan fingerprint density at radius 3 is 2.08 bits per heavy atom. The first kappa shape index (κ1) is 45.3. The summed E-state index contributed by atoms with van der Waals surface area (Å²) in [5, 5.41) is 35.0. The summed E-state index contributed by atoms with van der Waals surface area (Å²) in [6, 6.07) is -0.465. The molecule has 0 amide bonds. The number of hydrogen-bond donors (Lipinski definition) is 3. The van der Waals surface area contributed by atoms with Crippen molar-refractivity contribution in [3.05, 3.63) is 0 Å². The van der Waals surface area contributed by atoms with E-state index in [1.165, 1.54) is 14.2 Å². The molecule has 0 bridgehead atoms. The van der Waals surface area contributed by atoms with Gasteiger partial charge in [-0.15, -0.1) is 0 Å². The van der Waals surface area contributed by atoms with E-state index in [1.807, 2.05) is 46.8 Å². The maximum Gasteiger partial charge on any atom is 0.311 e. The van der Waals surface area contributed by atoms with E-state index >= 15 is 0 Å². The van der Waals surface area contributed by atoms with E-state index in [9.17, 15) is 20.1 Å². The maximum absolute atomic E-state index is 14.0. The highest BCUT2D eigenvalue weighted by Gasteiger charge is 2.51. The molecule has 0 saturated carbocycles. The number of likely N-dealkylation sites (N-methyl/N-ethyl adjacent to an activating group) is 2. The van der Waals surface area contributed by atoms with E-state index in [1.54, 1.807) is 41.9 Å². The van der Waals surface area contributed by atoms with Gasteiger partial charge in [-0.1, -0.05) is 6.92 Å². The molecule has 52 heavy (non-hydrogen) atoms. The number of ether oxygens (including phenoxy) is 9. The molecule has 3 aliphatic heterocycles. The van der Waals surface area contributed by atoms with Gasteiger partial charge in [-0.25, -0.2) is 0 Å². The normalized spacial score (nSPS) is 46.7. The predicted octanol–water partition coefficient (Wildman–Crippen LogP) is 1.42. The summed E-state index contributed by atoms with van der Waals surface area (Å²) in [6.45, 7) is 13.0. The summed E-state index contributed by atoms with van der Waals surface area (Å²) >= 11 is 0. The van der Waals surface area contributed by atoms with E-state index in [0.29, 0.717) is 13.0 Å². The van der Waals surface area contributed by atoms with Crippen LogP contribution >= 0.6 is 0 Å². The van der Waals surface area contributed by atoms with Gasteiger partial charge < -0.3 is 67.8 Å². The number of rotatable bonds is 9. The molecule has 306 valence electrons. The van der Waals surface area contributed by atoms with Crippen LogP contribution in [0, 0.1) is 11.8 Å². The van der Waals surface area contributed by atoms with Crippen LogP contribution in [0.2, 0.25) is 0 Å². The molecule has 3 N–H and O–H groups in total. The Kier molecular flexibility index (Phi) is 16.7. The van der Waals surface area contributed by atoms with Crippen LogP contribution in [0.1, 0.15) is 67.7 Å². The number of methoxy groups -OCH3 is 4. The van der Waals surface area contributed by atoms with E-state index in [0.717, 1.165) is 0 Å². The molecule has 3 heterocycles. The van der Waals surface area contributed by atoms with Crippen molar-refractivity contribution in [2.75, 3.05) is 62.7 Å². The molecule has 0 aliphatic carbocycles. The first-order valence-electron chi connectivity index (χ1n) is 18.6. The Labute approximate surface area is 311 Å².